The molecule has 0 aliphatic heterocycles. The fraction of sp³-hybridized carbons (Fsp3) is 0. The molecule has 0 fully saturated rings. The molecule has 3 radical (unpaired) electrons. The zero-order chi connectivity index (χ0) is 6.53. The third-order valence-corrected chi connectivity index (χ3v) is 0.916. The molecule has 41 valence electrons. The Morgan fingerprint density at radius 2 is 2.33 bits per heavy atom. The van der Waals surface area contributed by atoms with E-state index in [1.54, 1.807) is 6.07 Å². The van der Waals surface area contributed by atoms with Gasteiger partial charge in [-0.2, -0.15) is 0 Å². The lowest BCUT2D eigenvalue weighted by Gasteiger charge is -1.87. The molecule has 0 bridgehead atoms. The number of benzene rings is 1. The van der Waals surface area contributed by atoms with Gasteiger partial charge in [-0.05, 0) is 11.6 Å². The molecule has 0 heterocycles. The monoisotopic (exact) mass is 113 g/mol. The number of rotatable bonds is 1. The van der Waals surface area contributed by atoms with Gasteiger partial charge in [-0.15, -0.1) is 6.42 Å². The van der Waals surface area contributed by atoms with Crippen molar-refractivity contribution in [3.05, 3.63) is 42.3 Å². The van der Waals surface area contributed by atoms with E-state index in [1.807, 2.05) is 18.2 Å². The Kier molecular flexibility index (Phi) is 1.93. The zero-order valence-corrected chi connectivity index (χ0v) is 4.89. The molecule has 0 saturated heterocycles. The van der Waals surface area contributed by atoms with Gasteiger partial charge in [-0.3, -0.25) is 0 Å². The van der Waals surface area contributed by atoms with Gasteiger partial charge in [0.15, 0.2) is 0 Å². The average molecular weight is 113 g/mol. The van der Waals surface area contributed by atoms with Gasteiger partial charge in [0.1, 0.15) is 6.42 Å². The van der Waals surface area contributed by atoms with Gasteiger partial charge in [0.25, 0.3) is 0 Å². The van der Waals surface area contributed by atoms with Gasteiger partial charge in [0.05, 0.1) is 0 Å². The quantitative estimate of drug-likeness (QED) is 0.485. The number of terminal acetylenes is 1. The highest BCUT2D eigenvalue weighted by Gasteiger charge is 1.85. The first-order chi connectivity index (χ1) is 4.43. The Balaban J connectivity index is 2.76. The minimum atomic E-state index is 0.833. The molecule has 0 spiro atoms. The molecule has 0 aromatic heterocycles. The second kappa shape index (κ2) is 2.94. The molecule has 1 aromatic rings. The highest BCUT2D eigenvalue weighted by Crippen LogP contribution is 1.97. The zero-order valence-electron chi connectivity index (χ0n) is 4.89. The molecule has 0 saturated carbocycles. The molecule has 9 heavy (non-hydrogen) atoms. The van der Waals surface area contributed by atoms with Crippen molar-refractivity contribution in [2.75, 3.05) is 0 Å². The largest absolute Gasteiger partial charge is 0.119 e. The van der Waals surface area contributed by atoms with E-state index in [-0.39, 0.29) is 0 Å². The van der Waals surface area contributed by atoms with Crippen molar-refractivity contribution in [1.82, 2.24) is 0 Å². The summed E-state index contributed by atoms with van der Waals surface area (Å²) >= 11 is 0. The van der Waals surface area contributed by atoms with Crippen LogP contribution in [0.2, 0.25) is 0 Å². The first kappa shape index (κ1) is 5.91. The molecule has 0 atom stereocenters. The molecular formula is C9H5. The van der Waals surface area contributed by atoms with E-state index < -0.39 is 0 Å². The summed E-state index contributed by atoms with van der Waals surface area (Å²) in [6.45, 7) is 0. The van der Waals surface area contributed by atoms with Crippen molar-refractivity contribution in [1.29, 1.82) is 0 Å². The van der Waals surface area contributed by atoms with Crippen LogP contribution in [0.3, 0.4) is 0 Å². The first-order valence-electron chi connectivity index (χ1n) is 2.62. The second-order valence-electron chi connectivity index (χ2n) is 1.55. The molecule has 0 unspecified atom stereocenters. The van der Waals surface area contributed by atoms with Crippen LogP contribution in [0.15, 0.2) is 24.3 Å². The third-order valence-electron chi connectivity index (χ3n) is 0.916. The summed E-state index contributed by atoms with van der Waals surface area (Å²) in [6.07, 6.45) is 7.66. The maximum Gasteiger partial charge on any atom is 0.102 e. The van der Waals surface area contributed by atoms with Crippen molar-refractivity contribution in [2.24, 2.45) is 0 Å². The summed E-state index contributed by atoms with van der Waals surface area (Å²) in [5, 5.41) is 0. The number of hydrogen-bond acceptors (Lipinski definition) is 0. The van der Waals surface area contributed by atoms with Crippen molar-refractivity contribution >= 4 is 0 Å². The van der Waals surface area contributed by atoms with Gasteiger partial charge in [-0.25, -0.2) is 0 Å². The van der Waals surface area contributed by atoms with Crippen molar-refractivity contribution in [3.8, 4) is 12.3 Å². The lowest BCUT2D eigenvalue weighted by Crippen LogP contribution is -1.74. The lowest BCUT2D eigenvalue weighted by atomic mass is 10.2. The van der Waals surface area contributed by atoms with E-state index in [4.69, 9.17) is 6.42 Å². The summed E-state index contributed by atoms with van der Waals surface area (Å²) in [4.78, 5) is 0. The van der Waals surface area contributed by atoms with Crippen molar-refractivity contribution < 1.29 is 0 Å². The van der Waals surface area contributed by atoms with E-state index in [2.05, 4.69) is 18.4 Å². The SMILES string of the molecule is C#C[C]c1[c]cccc1. The maximum absolute atomic E-state index is 4.98. The molecule has 0 aliphatic carbocycles. The molecule has 0 N–H and O–H groups in total. The van der Waals surface area contributed by atoms with Crippen molar-refractivity contribution in [2.45, 2.75) is 0 Å². The van der Waals surface area contributed by atoms with Crippen molar-refractivity contribution in [3.63, 3.8) is 0 Å². The normalized spacial score (nSPS) is 8.33. The highest BCUT2D eigenvalue weighted by molar-refractivity contribution is 5.29. The smallest absolute Gasteiger partial charge is 0.102 e. The molecule has 0 amide bonds. The summed E-state index contributed by atoms with van der Waals surface area (Å²) in [5.74, 6) is 2.30. The fourth-order valence-corrected chi connectivity index (χ4v) is 0.549. The predicted octanol–water partition coefficient (Wildman–Crippen LogP) is 1.55. The van der Waals surface area contributed by atoms with E-state index in [9.17, 15) is 0 Å². The van der Waals surface area contributed by atoms with Crippen LogP contribution in [-0.4, -0.2) is 0 Å². The standard InChI is InChI=1S/C9H5/c1-2-6-9-7-4-3-5-8-9/h1,3-5,7H. The van der Waals surface area contributed by atoms with Crippen LogP contribution in [-0.2, 0) is 0 Å². The molecule has 1 rings (SSSR count). The highest BCUT2D eigenvalue weighted by atomic mass is 13.9. The van der Waals surface area contributed by atoms with Gasteiger partial charge in [0.2, 0.25) is 0 Å². The van der Waals surface area contributed by atoms with Crippen LogP contribution >= 0.6 is 0 Å². The predicted molar refractivity (Wildman–Crippen MR) is 36.5 cm³/mol. The Morgan fingerprint density at radius 1 is 1.44 bits per heavy atom. The minimum absolute atomic E-state index is 0.833. The molecule has 0 nitrogen and oxygen atoms in total. The van der Waals surface area contributed by atoms with Gasteiger partial charge >= 0.3 is 0 Å². The minimum Gasteiger partial charge on any atom is -0.119 e. The van der Waals surface area contributed by atoms with E-state index in [0.717, 1.165) is 5.56 Å². The van der Waals surface area contributed by atoms with Gasteiger partial charge in [0, 0.05) is 0 Å². The van der Waals surface area contributed by atoms with Crippen LogP contribution in [0, 0.1) is 24.8 Å². The number of hydrogen-bond donors (Lipinski definition) is 0. The van der Waals surface area contributed by atoms with Gasteiger partial charge < -0.3 is 0 Å². The van der Waals surface area contributed by atoms with Crippen LogP contribution in [0.5, 0.6) is 0 Å². The molecule has 0 aliphatic rings. The van der Waals surface area contributed by atoms with E-state index >= 15 is 0 Å². The molecular weight excluding hydrogens is 108 g/mol. The van der Waals surface area contributed by atoms with Gasteiger partial charge in [-0.1, -0.05) is 30.2 Å². The average Bonchev–Trinajstić information content (AvgIpc) is 1.91. The Bertz CT molecular complexity index is 203. The van der Waals surface area contributed by atoms with Crippen LogP contribution in [0.4, 0.5) is 0 Å². The third kappa shape index (κ3) is 1.62. The summed E-state index contributed by atoms with van der Waals surface area (Å²) in [6, 6.07) is 10.4. The Hall–Kier alpha value is -1.22. The maximum atomic E-state index is 4.98. The van der Waals surface area contributed by atoms with E-state index in [1.165, 1.54) is 0 Å². The summed E-state index contributed by atoms with van der Waals surface area (Å²) in [7, 11) is 0. The second-order valence-corrected chi connectivity index (χ2v) is 1.55. The van der Waals surface area contributed by atoms with Crippen LogP contribution in [0.25, 0.3) is 0 Å². The summed E-state index contributed by atoms with van der Waals surface area (Å²) in [5.41, 5.74) is 0.833. The molecule has 0 heteroatoms. The summed E-state index contributed by atoms with van der Waals surface area (Å²) < 4.78 is 0. The fourth-order valence-electron chi connectivity index (χ4n) is 0.549. The first-order valence-corrected chi connectivity index (χ1v) is 2.62. The van der Waals surface area contributed by atoms with Crippen LogP contribution in [0.1, 0.15) is 5.56 Å². The Morgan fingerprint density at radius 3 is 2.89 bits per heavy atom. The Labute approximate surface area is 55.5 Å². The van der Waals surface area contributed by atoms with E-state index in [0.29, 0.717) is 0 Å². The lowest BCUT2D eigenvalue weighted by molar-refractivity contribution is 1.54. The topological polar surface area (TPSA) is 0 Å². The van der Waals surface area contributed by atoms with Crippen LogP contribution < -0.4 is 0 Å². The molecule has 1 aromatic carbocycles.